The summed E-state index contributed by atoms with van der Waals surface area (Å²) in [5, 5.41) is 8.09. The van der Waals surface area contributed by atoms with Crippen molar-refractivity contribution >= 4 is 5.91 Å². The van der Waals surface area contributed by atoms with Crippen molar-refractivity contribution in [3.05, 3.63) is 47.9 Å². The molecule has 1 aliphatic rings. The highest BCUT2D eigenvalue weighted by Crippen LogP contribution is 2.36. The van der Waals surface area contributed by atoms with Crippen LogP contribution in [0.3, 0.4) is 0 Å². The van der Waals surface area contributed by atoms with E-state index in [0.29, 0.717) is 30.6 Å². The fourth-order valence-corrected chi connectivity index (χ4v) is 3.52. The maximum absolute atomic E-state index is 15.7. The van der Waals surface area contributed by atoms with E-state index in [9.17, 15) is 4.79 Å². The van der Waals surface area contributed by atoms with Crippen LogP contribution in [0.1, 0.15) is 41.7 Å². The summed E-state index contributed by atoms with van der Waals surface area (Å²) < 4.78 is 22.7. The first-order valence-corrected chi connectivity index (χ1v) is 9.27. The number of carbonyl (C=O) groups is 1. The van der Waals surface area contributed by atoms with Crippen LogP contribution in [-0.2, 0) is 12.2 Å². The third-order valence-corrected chi connectivity index (χ3v) is 5.09. The predicted molar refractivity (Wildman–Crippen MR) is 98.1 cm³/mol. The third-order valence-electron chi connectivity index (χ3n) is 5.09. The lowest BCUT2D eigenvalue weighted by atomic mass is 9.94. The maximum Gasteiger partial charge on any atom is 0.266 e. The fourth-order valence-electron chi connectivity index (χ4n) is 3.52. The van der Waals surface area contributed by atoms with Crippen molar-refractivity contribution in [2.75, 3.05) is 13.1 Å². The quantitative estimate of drug-likeness (QED) is 0.687. The highest BCUT2D eigenvalue weighted by atomic mass is 19.1. The molecule has 9 heteroatoms. The molecule has 1 amide bonds. The minimum atomic E-state index is -1.88. The van der Waals surface area contributed by atoms with Crippen LogP contribution in [0.15, 0.2) is 35.2 Å². The molecule has 0 N–H and O–H groups in total. The summed E-state index contributed by atoms with van der Waals surface area (Å²) in [6, 6.07) is 3.52. The van der Waals surface area contributed by atoms with Gasteiger partial charge < -0.3 is 9.42 Å². The topological polar surface area (TPSA) is 89.9 Å². The van der Waals surface area contributed by atoms with Gasteiger partial charge in [-0.25, -0.2) is 4.39 Å². The number of alkyl halides is 1. The van der Waals surface area contributed by atoms with Crippen LogP contribution >= 0.6 is 0 Å². The van der Waals surface area contributed by atoms with Crippen LogP contribution < -0.4 is 0 Å². The van der Waals surface area contributed by atoms with Crippen molar-refractivity contribution in [2.45, 2.75) is 38.9 Å². The van der Waals surface area contributed by atoms with Crippen molar-refractivity contribution in [1.29, 1.82) is 0 Å². The molecule has 3 aromatic rings. The molecule has 146 valence electrons. The lowest BCUT2D eigenvalue weighted by Crippen LogP contribution is -2.46. The van der Waals surface area contributed by atoms with Gasteiger partial charge in [0, 0.05) is 36.7 Å². The van der Waals surface area contributed by atoms with E-state index in [2.05, 4.69) is 20.2 Å². The Balaban J connectivity index is 1.56. The molecule has 3 aromatic heterocycles. The molecular weight excluding hydrogens is 363 g/mol. The zero-order valence-corrected chi connectivity index (χ0v) is 15.8. The van der Waals surface area contributed by atoms with Crippen molar-refractivity contribution in [2.24, 2.45) is 0 Å². The number of halogens is 1. The summed E-state index contributed by atoms with van der Waals surface area (Å²) in [5.41, 5.74) is 0.0371. The zero-order chi connectivity index (χ0) is 19.7. The van der Waals surface area contributed by atoms with E-state index in [-0.39, 0.29) is 30.6 Å². The molecular formula is C19H21FN6O2. The number of aryl methyl sites for hydroxylation is 1. The molecule has 0 bridgehead atoms. The summed E-state index contributed by atoms with van der Waals surface area (Å²) >= 11 is 0. The summed E-state index contributed by atoms with van der Waals surface area (Å²) in [5.74, 6) is -0.0561. The van der Waals surface area contributed by atoms with Gasteiger partial charge in [0.15, 0.2) is 0 Å². The van der Waals surface area contributed by atoms with Crippen molar-refractivity contribution in [3.63, 3.8) is 0 Å². The van der Waals surface area contributed by atoms with E-state index >= 15 is 4.39 Å². The van der Waals surface area contributed by atoms with Crippen LogP contribution in [0.4, 0.5) is 4.39 Å². The van der Waals surface area contributed by atoms with Crippen LogP contribution in [-0.4, -0.2) is 48.8 Å². The van der Waals surface area contributed by atoms with E-state index in [1.165, 1.54) is 4.90 Å². The molecule has 1 fully saturated rings. The Morgan fingerprint density at radius 3 is 2.96 bits per heavy atom. The number of rotatable bonds is 4. The van der Waals surface area contributed by atoms with Gasteiger partial charge in [-0.15, -0.1) is 0 Å². The monoisotopic (exact) mass is 384 g/mol. The second-order valence-electron chi connectivity index (χ2n) is 6.92. The number of amides is 1. The minimum absolute atomic E-state index is 0.107. The molecule has 0 radical (unpaired) electrons. The highest BCUT2D eigenvalue weighted by Gasteiger charge is 2.44. The summed E-state index contributed by atoms with van der Waals surface area (Å²) in [7, 11) is 0. The van der Waals surface area contributed by atoms with E-state index in [1.807, 2.05) is 13.8 Å². The first-order valence-electron chi connectivity index (χ1n) is 9.27. The third kappa shape index (κ3) is 3.17. The van der Waals surface area contributed by atoms with Gasteiger partial charge in [-0.05, 0) is 38.8 Å². The molecule has 28 heavy (non-hydrogen) atoms. The van der Waals surface area contributed by atoms with Crippen LogP contribution in [0.25, 0.3) is 11.4 Å². The first-order chi connectivity index (χ1) is 13.5. The number of carbonyl (C=O) groups excluding carboxylic acids is 1. The first kappa shape index (κ1) is 18.3. The van der Waals surface area contributed by atoms with E-state index in [1.54, 1.807) is 35.4 Å². The number of pyridine rings is 1. The fraction of sp³-hybridized carbons (Fsp3) is 0.421. The molecule has 0 saturated carbocycles. The Hall–Kier alpha value is -3.10. The lowest BCUT2D eigenvalue weighted by Gasteiger charge is -2.35. The normalized spacial score (nSPS) is 19.8. The Kier molecular flexibility index (Phi) is 4.66. The average Bonchev–Trinajstić information content (AvgIpc) is 3.35. The molecule has 4 heterocycles. The summed E-state index contributed by atoms with van der Waals surface area (Å²) in [6.45, 7) is 4.82. The Labute approximate surface area is 161 Å². The predicted octanol–water partition coefficient (Wildman–Crippen LogP) is 2.76. The Morgan fingerprint density at radius 2 is 2.25 bits per heavy atom. The van der Waals surface area contributed by atoms with Gasteiger partial charge in [-0.1, -0.05) is 5.16 Å². The summed E-state index contributed by atoms with van der Waals surface area (Å²) in [6.07, 6.45) is 5.49. The molecule has 1 unspecified atom stereocenters. The Morgan fingerprint density at radius 1 is 1.39 bits per heavy atom. The largest absolute Gasteiger partial charge is 0.335 e. The molecule has 1 atom stereocenters. The molecule has 8 nitrogen and oxygen atoms in total. The molecule has 1 saturated heterocycles. The number of hydrogen-bond acceptors (Lipinski definition) is 6. The second-order valence-corrected chi connectivity index (χ2v) is 6.92. The van der Waals surface area contributed by atoms with Crippen molar-refractivity contribution < 1.29 is 13.7 Å². The van der Waals surface area contributed by atoms with Gasteiger partial charge in [0.1, 0.15) is 0 Å². The second kappa shape index (κ2) is 7.14. The van der Waals surface area contributed by atoms with Gasteiger partial charge in [0.25, 0.3) is 11.8 Å². The SMILES string of the molecule is CCn1ncc(C(=O)N2CCCC(F)(c3nc(-c4cccnc4)no3)C2)c1C. The van der Waals surface area contributed by atoms with Gasteiger partial charge in [0.05, 0.1) is 18.3 Å². The standard InChI is InChI=1S/C19H21FN6O2/c1-3-26-13(2)15(11-22-26)17(27)25-9-5-7-19(20,12-25)18-23-16(24-28-18)14-6-4-8-21-10-14/h4,6,8,10-11H,3,5,7,9,12H2,1-2H3. The van der Waals surface area contributed by atoms with Crippen LogP contribution in [0.5, 0.6) is 0 Å². The number of piperidine rings is 1. The van der Waals surface area contributed by atoms with Gasteiger partial charge in [-0.2, -0.15) is 10.1 Å². The number of hydrogen-bond donors (Lipinski definition) is 0. The molecule has 1 aliphatic heterocycles. The molecule has 0 aliphatic carbocycles. The highest BCUT2D eigenvalue weighted by molar-refractivity contribution is 5.95. The zero-order valence-electron chi connectivity index (χ0n) is 15.8. The number of likely N-dealkylation sites (tertiary alicyclic amines) is 1. The van der Waals surface area contributed by atoms with Gasteiger partial charge in [0.2, 0.25) is 11.5 Å². The maximum atomic E-state index is 15.7. The summed E-state index contributed by atoms with van der Waals surface area (Å²) in [4.78, 5) is 22.7. The van der Waals surface area contributed by atoms with E-state index < -0.39 is 5.67 Å². The smallest absolute Gasteiger partial charge is 0.266 e. The number of nitrogens with zero attached hydrogens (tertiary/aromatic N) is 6. The van der Waals surface area contributed by atoms with Crippen molar-refractivity contribution in [1.82, 2.24) is 29.8 Å². The van der Waals surface area contributed by atoms with Crippen molar-refractivity contribution in [3.8, 4) is 11.4 Å². The lowest BCUT2D eigenvalue weighted by molar-refractivity contribution is 0.0152. The molecule has 0 spiro atoms. The average molecular weight is 384 g/mol. The van der Waals surface area contributed by atoms with Gasteiger partial charge >= 0.3 is 0 Å². The van der Waals surface area contributed by atoms with Crippen LogP contribution in [0, 0.1) is 6.92 Å². The minimum Gasteiger partial charge on any atom is -0.335 e. The van der Waals surface area contributed by atoms with E-state index in [0.717, 1.165) is 5.69 Å². The van der Waals surface area contributed by atoms with Gasteiger partial charge in [-0.3, -0.25) is 14.5 Å². The van der Waals surface area contributed by atoms with E-state index in [4.69, 9.17) is 4.52 Å². The van der Waals surface area contributed by atoms with Crippen LogP contribution in [0.2, 0.25) is 0 Å². The number of aromatic nitrogens is 5. The Bertz CT molecular complexity index is 985. The molecule has 0 aromatic carbocycles. The molecule has 4 rings (SSSR count).